The second-order valence-electron chi connectivity index (χ2n) is 9.86. The van der Waals surface area contributed by atoms with Gasteiger partial charge in [-0.15, -0.1) is 0 Å². The Morgan fingerprint density at radius 3 is 2.58 bits per heavy atom. The minimum atomic E-state index is -4.46. The molecule has 0 radical (unpaired) electrons. The minimum absolute atomic E-state index is 0.0478. The zero-order chi connectivity index (χ0) is 25.8. The molecule has 0 N–H and O–H groups in total. The highest BCUT2D eigenvalue weighted by Gasteiger charge is 2.35. The SMILES string of the molecule is COc1ccc(CN(C[C@@H]2CCCO2)C(=O)Cc2cccc(C(F)(F)F)c2)cc1OCC1(C)COC1. The maximum absolute atomic E-state index is 13.3. The fraction of sp³-hybridized carbons (Fsp3) is 0.519. The van der Waals surface area contributed by atoms with E-state index in [4.69, 9.17) is 18.9 Å². The summed E-state index contributed by atoms with van der Waals surface area (Å²) < 4.78 is 62.0. The van der Waals surface area contributed by atoms with E-state index >= 15 is 0 Å². The molecule has 2 aromatic carbocycles. The molecular formula is C27H32F3NO5. The molecule has 36 heavy (non-hydrogen) atoms. The van der Waals surface area contributed by atoms with Gasteiger partial charge in [0.1, 0.15) is 0 Å². The molecular weight excluding hydrogens is 475 g/mol. The van der Waals surface area contributed by atoms with Crippen LogP contribution in [-0.2, 0) is 33.4 Å². The van der Waals surface area contributed by atoms with Gasteiger partial charge in [0.2, 0.25) is 5.91 Å². The second-order valence-corrected chi connectivity index (χ2v) is 9.86. The molecule has 1 amide bonds. The van der Waals surface area contributed by atoms with Crippen molar-refractivity contribution in [1.29, 1.82) is 0 Å². The summed E-state index contributed by atoms with van der Waals surface area (Å²) in [7, 11) is 1.57. The second kappa shape index (κ2) is 11.1. The Labute approximate surface area is 209 Å². The van der Waals surface area contributed by atoms with Gasteiger partial charge in [-0.05, 0) is 42.2 Å². The number of methoxy groups -OCH3 is 1. The predicted octanol–water partition coefficient (Wildman–Crippen LogP) is 4.88. The molecule has 2 aliphatic rings. The van der Waals surface area contributed by atoms with E-state index < -0.39 is 11.7 Å². The van der Waals surface area contributed by atoms with Crippen molar-refractivity contribution < 1.29 is 36.9 Å². The molecule has 0 bridgehead atoms. The van der Waals surface area contributed by atoms with Crippen LogP contribution < -0.4 is 9.47 Å². The van der Waals surface area contributed by atoms with E-state index in [9.17, 15) is 18.0 Å². The zero-order valence-corrected chi connectivity index (χ0v) is 20.6. The molecule has 0 saturated carbocycles. The molecule has 2 saturated heterocycles. The van der Waals surface area contributed by atoms with Crippen LogP contribution in [-0.4, -0.2) is 57.0 Å². The first kappa shape index (κ1) is 26.3. The van der Waals surface area contributed by atoms with Crippen LogP contribution in [0.15, 0.2) is 42.5 Å². The standard InChI is InChI=1S/C27H32F3NO5/c1-26(16-34-17-26)18-36-24-12-20(8-9-23(24)33-2)14-31(15-22-7-4-10-35-22)25(32)13-19-5-3-6-21(11-19)27(28,29)30/h3,5-6,8-9,11-12,22H,4,7,10,13-18H2,1-2H3/t22-/m0/s1. The van der Waals surface area contributed by atoms with Gasteiger partial charge < -0.3 is 23.8 Å². The van der Waals surface area contributed by atoms with Crippen molar-refractivity contribution in [1.82, 2.24) is 4.90 Å². The molecule has 4 rings (SSSR count). The number of amides is 1. The van der Waals surface area contributed by atoms with Gasteiger partial charge in [0.15, 0.2) is 11.5 Å². The zero-order valence-electron chi connectivity index (χ0n) is 20.6. The number of ether oxygens (including phenoxy) is 4. The average Bonchev–Trinajstić information content (AvgIpc) is 3.34. The number of carbonyl (C=O) groups excluding carboxylic acids is 1. The highest BCUT2D eigenvalue weighted by Crippen LogP contribution is 2.33. The van der Waals surface area contributed by atoms with Crippen molar-refractivity contribution in [2.45, 2.75) is 45.0 Å². The van der Waals surface area contributed by atoms with E-state index in [2.05, 4.69) is 6.92 Å². The average molecular weight is 508 g/mol. The van der Waals surface area contributed by atoms with Crippen LogP contribution >= 0.6 is 0 Å². The van der Waals surface area contributed by atoms with Gasteiger partial charge in [0, 0.05) is 25.1 Å². The van der Waals surface area contributed by atoms with Crippen molar-refractivity contribution >= 4 is 5.91 Å². The Hall–Kier alpha value is -2.78. The molecule has 6 nitrogen and oxygen atoms in total. The molecule has 0 spiro atoms. The van der Waals surface area contributed by atoms with Crippen LogP contribution in [0.2, 0.25) is 0 Å². The van der Waals surface area contributed by atoms with Crippen LogP contribution in [0.3, 0.4) is 0 Å². The molecule has 196 valence electrons. The van der Waals surface area contributed by atoms with Crippen LogP contribution in [0.25, 0.3) is 0 Å². The van der Waals surface area contributed by atoms with Gasteiger partial charge in [-0.1, -0.05) is 31.2 Å². The van der Waals surface area contributed by atoms with E-state index in [1.165, 1.54) is 6.07 Å². The maximum atomic E-state index is 13.3. The molecule has 0 unspecified atom stereocenters. The highest BCUT2D eigenvalue weighted by atomic mass is 19.4. The van der Waals surface area contributed by atoms with Gasteiger partial charge in [-0.3, -0.25) is 4.79 Å². The molecule has 1 atom stereocenters. The Morgan fingerprint density at radius 2 is 1.94 bits per heavy atom. The number of rotatable bonds is 10. The topological polar surface area (TPSA) is 57.2 Å². The van der Waals surface area contributed by atoms with Crippen molar-refractivity contribution in [3.05, 3.63) is 59.2 Å². The van der Waals surface area contributed by atoms with Gasteiger partial charge in [-0.2, -0.15) is 13.2 Å². The monoisotopic (exact) mass is 507 g/mol. The summed E-state index contributed by atoms with van der Waals surface area (Å²) in [6.45, 7) is 5.11. The van der Waals surface area contributed by atoms with E-state index in [1.807, 2.05) is 12.1 Å². The molecule has 2 heterocycles. The molecule has 2 fully saturated rings. The van der Waals surface area contributed by atoms with Gasteiger partial charge >= 0.3 is 6.18 Å². The van der Waals surface area contributed by atoms with E-state index in [1.54, 1.807) is 24.1 Å². The first-order valence-electron chi connectivity index (χ1n) is 12.1. The summed E-state index contributed by atoms with van der Waals surface area (Å²) in [4.78, 5) is 15.0. The van der Waals surface area contributed by atoms with Crippen molar-refractivity contribution in [2.75, 3.05) is 40.1 Å². The summed E-state index contributed by atoms with van der Waals surface area (Å²) in [6.07, 6.45) is -2.93. The van der Waals surface area contributed by atoms with Crippen LogP contribution in [0, 0.1) is 5.41 Å². The van der Waals surface area contributed by atoms with Crippen molar-refractivity contribution in [3.8, 4) is 11.5 Å². The normalized spacial score (nSPS) is 19.0. The largest absolute Gasteiger partial charge is 0.493 e. The Kier molecular flexibility index (Phi) is 8.10. The Bertz CT molecular complexity index is 1050. The molecule has 0 aliphatic carbocycles. The van der Waals surface area contributed by atoms with Crippen LogP contribution in [0.5, 0.6) is 11.5 Å². The number of carbonyl (C=O) groups is 1. The lowest BCUT2D eigenvalue weighted by atomic mass is 9.90. The summed E-state index contributed by atoms with van der Waals surface area (Å²) in [5.41, 5.74) is 0.340. The lowest BCUT2D eigenvalue weighted by Gasteiger charge is -2.37. The van der Waals surface area contributed by atoms with Crippen LogP contribution in [0.4, 0.5) is 13.2 Å². The smallest absolute Gasteiger partial charge is 0.416 e. The number of hydrogen-bond donors (Lipinski definition) is 0. The van der Waals surface area contributed by atoms with Gasteiger partial charge in [-0.25, -0.2) is 0 Å². The maximum Gasteiger partial charge on any atom is 0.416 e. The number of benzene rings is 2. The number of halogens is 3. The first-order chi connectivity index (χ1) is 17.1. The number of hydrogen-bond acceptors (Lipinski definition) is 5. The third-order valence-corrected chi connectivity index (χ3v) is 6.49. The Morgan fingerprint density at radius 1 is 1.14 bits per heavy atom. The fourth-order valence-corrected chi connectivity index (χ4v) is 4.37. The number of nitrogens with zero attached hydrogens (tertiary/aromatic N) is 1. The summed E-state index contributed by atoms with van der Waals surface area (Å²) in [6, 6.07) is 10.4. The third-order valence-electron chi connectivity index (χ3n) is 6.49. The first-order valence-corrected chi connectivity index (χ1v) is 12.1. The minimum Gasteiger partial charge on any atom is -0.493 e. The molecule has 0 aromatic heterocycles. The lowest BCUT2D eigenvalue weighted by Crippen LogP contribution is -2.44. The summed E-state index contributed by atoms with van der Waals surface area (Å²) in [5.74, 6) is 0.899. The van der Waals surface area contributed by atoms with Crippen LogP contribution in [0.1, 0.15) is 36.5 Å². The molecule has 2 aromatic rings. The van der Waals surface area contributed by atoms with Crippen molar-refractivity contribution in [3.63, 3.8) is 0 Å². The van der Waals surface area contributed by atoms with Gasteiger partial charge in [0.05, 0.1) is 45.0 Å². The highest BCUT2D eigenvalue weighted by molar-refractivity contribution is 5.79. The lowest BCUT2D eigenvalue weighted by molar-refractivity contribution is -0.138. The van der Waals surface area contributed by atoms with E-state index in [0.717, 1.165) is 30.5 Å². The summed E-state index contributed by atoms with van der Waals surface area (Å²) >= 11 is 0. The third kappa shape index (κ3) is 6.70. The molecule has 2 aliphatic heterocycles. The van der Waals surface area contributed by atoms with E-state index in [0.29, 0.717) is 50.0 Å². The molecule has 9 heteroatoms. The van der Waals surface area contributed by atoms with Crippen molar-refractivity contribution in [2.24, 2.45) is 5.41 Å². The van der Waals surface area contributed by atoms with E-state index in [-0.39, 0.29) is 30.4 Å². The fourth-order valence-electron chi connectivity index (χ4n) is 4.37. The quantitative estimate of drug-likeness (QED) is 0.459. The predicted molar refractivity (Wildman–Crippen MR) is 127 cm³/mol. The van der Waals surface area contributed by atoms with Gasteiger partial charge in [0.25, 0.3) is 0 Å². The summed E-state index contributed by atoms with van der Waals surface area (Å²) in [5, 5.41) is 0. The number of alkyl halides is 3. The Balaban J connectivity index is 1.50.